The first kappa shape index (κ1) is 14.1. The molecule has 0 atom stereocenters. The average molecular weight is 290 g/mol. The monoisotopic (exact) mass is 290 g/mol. The normalized spacial score (nSPS) is 15.6. The third-order valence-corrected chi connectivity index (χ3v) is 6.71. The first-order valence-electron chi connectivity index (χ1n) is 7.65. The van der Waals surface area contributed by atoms with Crippen LogP contribution in [0.15, 0.2) is 70.9 Å². The van der Waals surface area contributed by atoms with Crippen LogP contribution in [0, 0.1) is 6.92 Å². The van der Waals surface area contributed by atoms with Crippen LogP contribution in [0.25, 0.3) is 5.57 Å². The van der Waals surface area contributed by atoms with Gasteiger partial charge in [0.15, 0.2) is 0 Å². The van der Waals surface area contributed by atoms with Gasteiger partial charge in [-0.25, -0.2) is 0 Å². The van der Waals surface area contributed by atoms with Gasteiger partial charge in [-0.05, 0) is 38.3 Å². The summed E-state index contributed by atoms with van der Waals surface area (Å²) in [6.07, 6.45) is 1.13. The van der Waals surface area contributed by atoms with Crippen molar-refractivity contribution in [2.24, 2.45) is 0 Å². The van der Waals surface area contributed by atoms with Crippen LogP contribution in [-0.2, 0) is 0 Å². The van der Waals surface area contributed by atoms with Crippen LogP contribution in [0.3, 0.4) is 0 Å². The van der Waals surface area contributed by atoms with Crippen LogP contribution in [0.4, 0.5) is 0 Å². The molecule has 0 bridgehead atoms. The molecule has 1 aliphatic carbocycles. The lowest BCUT2D eigenvalue weighted by Gasteiger charge is -2.10. The van der Waals surface area contributed by atoms with Crippen LogP contribution in [0.5, 0.6) is 0 Å². The highest BCUT2D eigenvalue weighted by molar-refractivity contribution is 6.63. The van der Waals surface area contributed by atoms with Gasteiger partial charge in [0.1, 0.15) is 0 Å². The Labute approximate surface area is 130 Å². The van der Waals surface area contributed by atoms with Gasteiger partial charge in [-0.3, -0.25) is 0 Å². The lowest BCUT2D eigenvalue weighted by atomic mass is 10.0. The van der Waals surface area contributed by atoms with Crippen LogP contribution in [0.1, 0.15) is 31.4 Å². The Kier molecular flexibility index (Phi) is 3.93. The number of aryl methyl sites for hydroxylation is 1. The first-order chi connectivity index (χ1) is 10.1. The van der Waals surface area contributed by atoms with Crippen molar-refractivity contribution in [3.63, 3.8) is 0 Å². The first-order valence-corrected chi connectivity index (χ1v) is 9.06. The molecule has 0 spiro atoms. The maximum Gasteiger partial charge on any atom is 0.0882 e. The SMILES string of the molecule is CC1=C(C)C([SiH2]c2ccccc2)=C(c2ccc(C)cc2)C1. The topological polar surface area (TPSA) is 0 Å². The second kappa shape index (κ2) is 5.86. The van der Waals surface area contributed by atoms with Gasteiger partial charge in [0.25, 0.3) is 0 Å². The molecule has 0 heterocycles. The molecule has 2 aromatic carbocycles. The highest BCUT2D eigenvalue weighted by Crippen LogP contribution is 2.37. The van der Waals surface area contributed by atoms with E-state index in [2.05, 4.69) is 75.4 Å². The van der Waals surface area contributed by atoms with E-state index in [0.717, 1.165) is 6.42 Å². The molecule has 2 aromatic rings. The quantitative estimate of drug-likeness (QED) is 0.751. The zero-order chi connectivity index (χ0) is 14.8. The van der Waals surface area contributed by atoms with Crippen molar-refractivity contribution >= 4 is 20.3 Å². The lowest BCUT2D eigenvalue weighted by molar-refractivity contribution is 1.22. The fourth-order valence-corrected chi connectivity index (χ4v) is 5.08. The molecule has 0 N–H and O–H groups in total. The summed E-state index contributed by atoms with van der Waals surface area (Å²) in [5.74, 6) is 0. The van der Waals surface area contributed by atoms with E-state index in [1.165, 1.54) is 16.3 Å². The fourth-order valence-electron chi connectivity index (χ4n) is 3.06. The third-order valence-electron chi connectivity index (χ3n) is 4.52. The van der Waals surface area contributed by atoms with Crippen LogP contribution in [-0.4, -0.2) is 9.52 Å². The smallest absolute Gasteiger partial charge is 0.0661 e. The molecule has 21 heavy (non-hydrogen) atoms. The Morgan fingerprint density at radius 2 is 1.48 bits per heavy atom. The van der Waals surface area contributed by atoms with Gasteiger partial charge in [0.05, 0.1) is 9.52 Å². The number of hydrogen-bond donors (Lipinski definition) is 0. The van der Waals surface area contributed by atoms with E-state index < -0.39 is 9.52 Å². The van der Waals surface area contributed by atoms with Gasteiger partial charge in [-0.2, -0.15) is 0 Å². The van der Waals surface area contributed by atoms with Crippen LogP contribution < -0.4 is 5.19 Å². The Morgan fingerprint density at radius 1 is 0.810 bits per heavy atom. The number of hydrogen-bond acceptors (Lipinski definition) is 0. The molecule has 1 heteroatoms. The van der Waals surface area contributed by atoms with Gasteiger partial charge >= 0.3 is 0 Å². The minimum absolute atomic E-state index is 0.393. The minimum atomic E-state index is -0.393. The van der Waals surface area contributed by atoms with Gasteiger partial charge in [-0.1, -0.05) is 81.7 Å². The molecule has 0 saturated carbocycles. The van der Waals surface area contributed by atoms with E-state index in [1.54, 1.807) is 21.9 Å². The Balaban J connectivity index is 2.01. The molecule has 0 fully saturated rings. The van der Waals surface area contributed by atoms with Crippen molar-refractivity contribution in [1.29, 1.82) is 0 Å². The Bertz CT molecular complexity index is 703. The molecule has 0 nitrogen and oxygen atoms in total. The van der Waals surface area contributed by atoms with Crippen molar-refractivity contribution in [2.45, 2.75) is 27.2 Å². The summed E-state index contributed by atoms with van der Waals surface area (Å²) in [5.41, 5.74) is 7.40. The predicted octanol–water partition coefficient (Wildman–Crippen LogP) is 3.94. The highest BCUT2D eigenvalue weighted by atomic mass is 28.2. The molecule has 106 valence electrons. The third kappa shape index (κ3) is 2.93. The summed E-state index contributed by atoms with van der Waals surface area (Å²) in [6.45, 7) is 6.75. The van der Waals surface area contributed by atoms with E-state index in [4.69, 9.17) is 0 Å². The molecular formula is C20H22Si. The average Bonchev–Trinajstić information content (AvgIpc) is 2.78. The van der Waals surface area contributed by atoms with Gasteiger partial charge in [0, 0.05) is 0 Å². The van der Waals surface area contributed by atoms with Crippen LogP contribution in [0.2, 0.25) is 0 Å². The van der Waals surface area contributed by atoms with Crippen molar-refractivity contribution in [1.82, 2.24) is 0 Å². The number of allylic oxidation sites excluding steroid dienone is 4. The van der Waals surface area contributed by atoms with Gasteiger partial charge in [0.2, 0.25) is 0 Å². The molecule has 3 rings (SSSR count). The van der Waals surface area contributed by atoms with Crippen molar-refractivity contribution < 1.29 is 0 Å². The zero-order valence-electron chi connectivity index (χ0n) is 13.1. The molecule has 1 aliphatic rings. The summed E-state index contributed by atoms with van der Waals surface area (Å²) >= 11 is 0. The van der Waals surface area contributed by atoms with Crippen molar-refractivity contribution in [3.05, 3.63) is 82.1 Å². The largest absolute Gasteiger partial charge is 0.0882 e. The minimum Gasteiger partial charge on any atom is -0.0661 e. The highest BCUT2D eigenvalue weighted by Gasteiger charge is 2.20. The van der Waals surface area contributed by atoms with E-state index >= 15 is 0 Å². The number of benzene rings is 2. The van der Waals surface area contributed by atoms with Crippen molar-refractivity contribution in [2.75, 3.05) is 0 Å². The Morgan fingerprint density at radius 3 is 2.14 bits per heavy atom. The maximum atomic E-state index is 2.31. The van der Waals surface area contributed by atoms with Gasteiger partial charge in [-0.15, -0.1) is 0 Å². The molecular weight excluding hydrogens is 268 g/mol. The molecule has 0 radical (unpaired) electrons. The standard InChI is InChI=1S/C20H22Si/c1-14-9-11-17(12-10-14)19-13-15(2)16(3)20(19)21-18-7-5-4-6-8-18/h4-12H,13,21H2,1-3H3. The van der Waals surface area contributed by atoms with Gasteiger partial charge < -0.3 is 0 Å². The van der Waals surface area contributed by atoms with E-state index in [-0.39, 0.29) is 0 Å². The molecule has 0 aromatic heterocycles. The fraction of sp³-hybridized carbons (Fsp3) is 0.200. The Hall–Kier alpha value is -1.86. The summed E-state index contributed by atoms with van der Waals surface area (Å²) in [4.78, 5) is 0. The lowest BCUT2D eigenvalue weighted by Crippen LogP contribution is -2.16. The number of rotatable bonds is 3. The molecule has 0 aliphatic heterocycles. The zero-order valence-corrected chi connectivity index (χ0v) is 14.5. The molecule has 0 amide bonds. The summed E-state index contributed by atoms with van der Waals surface area (Å²) < 4.78 is 0. The summed E-state index contributed by atoms with van der Waals surface area (Å²) in [7, 11) is -0.393. The maximum absolute atomic E-state index is 2.31. The van der Waals surface area contributed by atoms with Crippen molar-refractivity contribution in [3.8, 4) is 0 Å². The van der Waals surface area contributed by atoms with E-state index in [9.17, 15) is 0 Å². The van der Waals surface area contributed by atoms with E-state index in [1.807, 2.05) is 0 Å². The predicted molar refractivity (Wildman–Crippen MR) is 95.7 cm³/mol. The second-order valence-electron chi connectivity index (χ2n) is 6.07. The molecule has 0 saturated heterocycles. The van der Waals surface area contributed by atoms with E-state index in [0.29, 0.717) is 0 Å². The summed E-state index contributed by atoms with van der Waals surface area (Å²) in [6, 6.07) is 20.0. The van der Waals surface area contributed by atoms with Crippen LogP contribution >= 0.6 is 0 Å². The second-order valence-corrected chi connectivity index (χ2v) is 7.94. The summed E-state index contributed by atoms with van der Waals surface area (Å²) in [5, 5.41) is 3.19. The molecule has 0 unspecified atom stereocenters.